The Balaban J connectivity index is 2.81. The summed E-state index contributed by atoms with van der Waals surface area (Å²) in [4.78, 5) is 22.2. The number of anilines is 1. The fraction of sp³-hybridized carbons (Fsp3) is 0.300. The van der Waals surface area contributed by atoms with Gasteiger partial charge < -0.3 is 10.7 Å². The molecule has 0 spiro atoms. The number of nitrogens with one attached hydrogen (secondary N) is 3. The van der Waals surface area contributed by atoms with Crippen molar-refractivity contribution in [3.63, 3.8) is 0 Å². The predicted octanol–water partition coefficient (Wildman–Crippen LogP) is -0.841. The molecule has 0 aromatic heterocycles. The van der Waals surface area contributed by atoms with Gasteiger partial charge in [-0.25, -0.2) is 13.1 Å². The zero-order chi connectivity index (χ0) is 16.0. The molecule has 0 aliphatic rings. The van der Waals surface area contributed by atoms with E-state index in [1.165, 1.54) is 18.2 Å². The summed E-state index contributed by atoms with van der Waals surface area (Å²) in [5.74, 6) is 4.46. The van der Waals surface area contributed by atoms with Crippen molar-refractivity contribution in [1.29, 1.82) is 0 Å². The molecule has 0 unspecified atom stereocenters. The minimum absolute atomic E-state index is 0.00177. The topological polar surface area (TPSA) is 156 Å². The number of hydrazine groups is 1. The number of carbonyl (C=O) groups is 1. The molecule has 0 aliphatic heterocycles. The molecule has 0 fully saturated rings. The zero-order valence-electron chi connectivity index (χ0n) is 11.1. The molecule has 0 radical (unpaired) electrons. The van der Waals surface area contributed by atoms with E-state index < -0.39 is 26.5 Å². The molecule has 0 aliphatic carbocycles. The van der Waals surface area contributed by atoms with Crippen molar-refractivity contribution >= 4 is 27.3 Å². The van der Waals surface area contributed by atoms with E-state index in [9.17, 15) is 23.3 Å². The molecule has 10 nitrogen and oxygen atoms in total. The van der Waals surface area contributed by atoms with Crippen LogP contribution in [0.1, 0.15) is 10.4 Å². The third-order valence-electron chi connectivity index (χ3n) is 2.39. The minimum atomic E-state index is -3.36. The molecule has 116 valence electrons. The highest BCUT2D eigenvalue weighted by molar-refractivity contribution is 7.88. The third kappa shape index (κ3) is 4.98. The van der Waals surface area contributed by atoms with Crippen LogP contribution >= 0.6 is 0 Å². The Morgan fingerprint density at radius 2 is 2.05 bits per heavy atom. The molecule has 1 amide bonds. The Hall–Kier alpha value is -2.24. The van der Waals surface area contributed by atoms with Gasteiger partial charge in [-0.3, -0.25) is 20.8 Å². The Labute approximate surface area is 120 Å². The van der Waals surface area contributed by atoms with E-state index in [1.54, 1.807) is 0 Å². The SMILES string of the molecule is CS(=O)(=O)NCCNC(=O)c1cccc(NN)c1[N+](=O)[O-]. The smallest absolute Gasteiger partial charge is 0.306 e. The van der Waals surface area contributed by atoms with E-state index in [0.717, 1.165) is 6.26 Å². The number of benzene rings is 1. The predicted molar refractivity (Wildman–Crippen MR) is 76.1 cm³/mol. The first-order valence-corrected chi connectivity index (χ1v) is 7.62. The van der Waals surface area contributed by atoms with E-state index in [4.69, 9.17) is 5.84 Å². The third-order valence-corrected chi connectivity index (χ3v) is 3.12. The first-order valence-electron chi connectivity index (χ1n) is 5.73. The van der Waals surface area contributed by atoms with Crippen LogP contribution in [0.4, 0.5) is 11.4 Å². The molecule has 0 heterocycles. The molecule has 5 N–H and O–H groups in total. The van der Waals surface area contributed by atoms with Gasteiger partial charge in [0.25, 0.3) is 5.91 Å². The van der Waals surface area contributed by atoms with Crippen molar-refractivity contribution in [3.8, 4) is 0 Å². The van der Waals surface area contributed by atoms with Crippen LogP contribution in [0.25, 0.3) is 0 Å². The van der Waals surface area contributed by atoms with Gasteiger partial charge in [-0.15, -0.1) is 0 Å². The quantitative estimate of drug-likeness (QED) is 0.221. The van der Waals surface area contributed by atoms with E-state index >= 15 is 0 Å². The van der Waals surface area contributed by atoms with Crippen LogP contribution in [0.2, 0.25) is 0 Å². The second-order valence-electron chi connectivity index (χ2n) is 4.03. The molecule has 0 atom stereocenters. The molecule has 11 heteroatoms. The highest BCUT2D eigenvalue weighted by Gasteiger charge is 2.23. The summed E-state index contributed by atoms with van der Waals surface area (Å²) in [5, 5.41) is 13.4. The summed E-state index contributed by atoms with van der Waals surface area (Å²) in [6, 6.07) is 4.07. The van der Waals surface area contributed by atoms with Crippen molar-refractivity contribution in [2.75, 3.05) is 24.8 Å². The molecular formula is C10H15N5O5S. The summed E-state index contributed by atoms with van der Waals surface area (Å²) in [7, 11) is -3.36. The van der Waals surface area contributed by atoms with Crippen LogP contribution < -0.4 is 21.3 Å². The number of hydrogen-bond acceptors (Lipinski definition) is 7. The number of sulfonamides is 1. The van der Waals surface area contributed by atoms with Crippen molar-refractivity contribution in [2.24, 2.45) is 5.84 Å². The number of amides is 1. The molecule has 1 aromatic carbocycles. The summed E-state index contributed by atoms with van der Waals surface area (Å²) in [6.07, 6.45) is 0.982. The number of nitrogens with zero attached hydrogens (tertiary/aromatic N) is 1. The van der Waals surface area contributed by atoms with Gasteiger partial charge in [0.2, 0.25) is 10.0 Å². The average molecular weight is 317 g/mol. The maximum atomic E-state index is 11.9. The summed E-state index contributed by atoms with van der Waals surface area (Å²) >= 11 is 0. The van der Waals surface area contributed by atoms with Gasteiger partial charge in [0.1, 0.15) is 11.3 Å². The molecule has 21 heavy (non-hydrogen) atoms. The van der Waals surface area contributed by atoms with Crippen LogP contribution in [-0.4, -0.2) is 38.6 Å². The number of nitrogens with two attached hydrogens (primary N) is 1. The molecular weight excluding hydrogens is 302 g/mol. The van der Waals surface area contributed by atoms with Crippen LogP contribution in [0.3, 0.4) is 0 Å². The first kappa shape index (κ1) is 16.8. The Morgan fingerprint density at radius 3 is 2.57 bits per heavy atom. The molecule has 0 saturated carbocycles. The number of carbonyl (C=O) groups excluding carboxylic acids is 1. The fourth-order valence-corrected chi connectivity index (χ4v) is 2.02. The Kier molecular flexibility index (Phi) is 5.58. The van der Waals surface area contributed by atoms with Crippen LogP contribution in [0.15, 0.2) is 18.2 Å². The van der Waals surface area contributed by atoms with Crippen LogP contribution in [0, 0.1) is 10.1 Å². The van der Waals surface area contributed by atoms with Crippen molar-refractivity contribution < 1.29 is 18.1 Å². The normalized spacial score (nSPS) is 11.0. The van der Waals surface area contributed by atoms with Crippen LogP contribution in [-0.2, 0) is 10.0 Å². The van der Waals surface area contributed by atoms with Crippen molar-refractivity contribution in [3.05, 3.63) is 33.9 Å². The summed E-state index contributed by atoms with van der Waals surface area (Å²) < 4.78 is 23.9. The van der Waals surface area contributed by atoms with E-state index in [-0.39, 0.29) is 24.3 Å². The maximum absolute atomic E-state index is 11.9. The van der Waals surface area contributed by atoms with Gasteiger partial charge >= 0.3 is 5.69 Å². The van der Waals surface area contributed by atoms with E-state index in [0.29, 0.717) is 0 Å². The molecule has 0 bridgehead atoms. The second-order valence-corrected chi connectivity index (χ2v) is 5.86. The van der Waals surface area contributed by atoms with E-state index in [1.807, 2.05) is 0 Å². The Morgan fingerprint density at radius 1 is 1.38 bits per heavy atom. The number of nitrogen functional groups attached to an aromatic ring is 1. The lowest BCUT2D eigenvalue weighted by Crippen LogP contribution is -2.34. The van der Waals surface area contributed by atoms with E-state index in [2.05, 4.69) is 15.5 Å². The molecule has 1 rings (SSSR count). The number of nitro groups is 1. The lowest BCUT2D eigenvalue weighted by atomic mass is 10.1. The number of para-hydroxylation sites is 1. The summed E-state index contributed by atoms with van der Waals surface area (Å²) in [6.45, 7) is -0.0312. The Bertz CT molecular complexity index is 645. The second kappa shape index (κ2) is 6.97. The minimum Gasteiger partial charge on any atom is -0.350 e. The zero-order valence-corrected chi connectivity index (χ0v) is 11.9. The van der Waals surface area contributed by atoms with Gasteiger partial charge in [-0.1, -0.05) is 6.07 Å². The first-order chi connectivity index (χ1) is 9.76. The fourth-order valence-electron chi connectivity index (χ4n) is 1.55. The molecule has 0 saturated heterocycles. The standard InChI is InChI=1S/C10H15N5O5S/c1-21(19,20)13-6-5-12-10(16)7-3-2-4-8(14-11)9(7)15(17)18/h2-4,13-14H,5-6,11H2,1H3,(H,12,16). The van der Waals surface area contributed by atoms with Crippen molar-refractivity contribution in [2.45, 2.75) is 0 Å². The number of hydrogen-bond donors (Lipinski definition) is 4. The van der Waals surface area contributed by atoms with Gasteiger partial charge in [-0.2, -0.15) is 0 Å². The van der Waals surface area contributed by atoms with Gasteiger partial charge in [0.15, 0.2) is 0 Å². The van der Waals surface area contributed by atoms with Gasteiger partial charge in [0.05, 0.1) is 11.2 Å². The lowest BCUT2D eigenvalue weighted by molar-refractivity contribution is -0.384. The summed E-state index contributed by atoms with van der Waals surface area (Å²) in [5.41, 5.74) is 1.53. The highest BCUT2D eigenvalue weighted by atomic mass is 32.2. The lowest BCUT2D eigenvalue weighted by Gasteiger charge is -2.08. The number of rotatable bonds is 7. The van der Waals surface area contributed by atoms with Crippen LogP contribution in [0.5, 0.6) is 0 Å². The van der Waals surface area contributed by atoms with Gasteiger partial charge in [-0.05, 0) is 12.1 Å². The molecule has 1 aromatic rings. The largest absolute Gasteiger partial charge is 0.350 e. The number of nitro benzene ring substituents is 1. The van der Waals surface area contributed by atoms with Gasteiger partial charge in [0, 0.05) is 13.1 Å². The highest BCUT2D eigenvalue weighted by Crippen LogP contribution is 2.27. The monoisotopic (exact) mass is 317 g/mol. The maximum Gasteiger partial charge on any atom is 0.306 e. The van der Waals surface area contributed by atoms with Crippen molar-refractivity contribution in [1.82, 2.24) is 10.0 Å². The average Bonchev–Trinajstić information content (AvgIpc) is 2.41.